The quantitative estimate of drug-likeness (QED) is 0.721. The second-order valence-corrected chi connectivity index (χ2v) is 5.11. The predicted octanol–water partition coefficient (Wildman–Crippen LogP) is 3.48. The molecule has 1 saturated carbocycles. The molecule has 0 aromatic rings. The molecule has 15 heavy (non-hydrogen) atoms. The summed E-state index contributed by atoms with van der Waals surface area (Å²) in [6, 6.07) is 0. The van der Waals surface area contributed by atoms with Crippen LogP contribution >= 0.6 is 0 Å². The molecule has 0 heterocycles. The molecule has 0 aromatic heterocycles. The average Bonchev–Trinajstić information content (AvgIpc) is 2.13. The van der Waals surface area contributed by atoms with Crippen molar-refractivity contribution in [2.45, 2.75) is 46.0 Å². The lowest BCUT2D eigenvalue weighted by molar-refractivity contribution is -0.139. The minimum atomic E-state index is -0.662. The first-order chi connectivity index (χ1) is 7.00. The first-order valence-corrected chi connectivity index (χ1v) is 5.89. The van der Waals surface area contributed by atoms with Gasteiger partial charge in [-0.05, 0) is 43.4 Å². The largest absolute Gasteiger partial charge is 0.481 e. The first-order valence-electron chi connectivity index (χ1n) is 5.89. The fraction of sp³-hybridized carbons (Fsp3) is 0.769. The molecule has 86 valence electrons. The highest BCUT2D eigenvalue weighted by atomic mass is 16.4. The van der Waals surface area contributed by atoms with Gasteiger partial charge in [-0.25, -0.2) is 0 Å². The Morgan fingerprint density at radius 1 is 1.60 bits per heavy atom. The van der Waals surface area contributed by atoms with Crippen LogP contribution in [0.4, 0.5) is 0 Å². The zero-order chi connectivity index (χ0) is 11.4. The molecule has 2 nitrogen and oxygen atoms in total. The molecule has 1 aliphatic rings. The lowest BCUT2D eigenvalue weighted by Gasteiger charge is -2.33. The number of aliphatic carboxylic acids is 1. The molecule has 0 spiro atoms. The molecule has 0 saturated heterocycles. The molecular weight excluding hydrogens is 188 g/mol. The standard InChI is InChI=1S/C13H22O2/c1-9(2)12(8-13(14)15)11-6-4-5-10(3)7-11/h9,11-12H,3-8H2,1-2H3,(H,14,15)/t11?,12-/m1/s1. The number of hydrogen-bond donors (Lipinski definition) is 1. The molecule has 0 aromatic carbocycles. The Bertz CT molecular complexity index is 243. The molecule has 0 aliphatic heterocycles. The van der Waals surface area contributed by atoms with Crippen molar-refractivity contribution >= 4 is 5.97 Å². The Labute approximate surface area is 92.4 Å². The van der Waals surface area contributed by atoms with E-state index in [1.165, 1.54) is 18.4 Å². The Hall–Kier alpha value is -0.790. The summed E-state index contributed by atoms with van der Waals surface area (Å²) in [5.41, 5.74) is 1.31. The van der Waals surface area contributed by atoms with E-state index in [0.717, 1.165) is 12.8 Å². The van der Waals surface area contributed by atoms with Crippen LogP contribution in [0.3, 0.4) is 0 Å². The molecule has 2 atom stereocenters. The minimum Gasteiger partial charge on any atom is -0.481 e. The highest BCUT2D eigenvalue weighted by molar-refractivity contribution is 5.67. The summed E-state index contributed by atoms with van der Waals surface area (Å²) in [5, 5.41) is 8.91. The van der Waals surface area contributed by atoms with E-state index in [1.807, 2.05) is 0 Å². The SMILES string of the molecule is C=C1CCCC([C@H](CC(=O)O)C(C)C)C1. The normalized spacial score (nSPS) is 24.2. The predicted molar refractivity (Wildman–Crippen MR) is 61.7 cm³/mol. The van der Waals surface area contributed by atoms with Gasteiger partial charge in [-0.1, -0.05) is 26.0 Å². The summed E-state index contributed by atoms with van der Waals surface area (Å²) >= 11 is 0. The van der Waals surface area contributed by atoms with Crippen LogP contribution in [0, 0.1) is 17.8 Å². The van der Waals surface area contributed by atoms with Crippen molar-refractivity contribution in [3.8, 4) is 0 Å². The van der Waals surface area contributed by atoms with Gasteiger partial charge in [-0.15, -0.1) is 0 Å². The van der Waals surface area contributed by atoms with Crippen molar-refractivity contribution in [2.75, 3.05) is 0 Å². The van der Waals surface area contributed by atoms with Gasteiger partial charge >= 0.3 is 5.97 Å². The van der Waals surface area contributed by atoms with Gasteiger partial charge in [0, 0.05) is 6.42 Å². The summed E-state index contributed by atoms with van der Waals surface area (Å²) in [6.07, 6.45) is 4.85. The number of carboxylic acids is 1. The second kappa shape index (κ2) is 5.34. The maximum absolute atomic E-state index is 10.8. The van der Waals surface area contributed by atoms with E-state index < -0.39 is 5.97 Å². The van der Waals surface area contributed by atoms with E-state index in [9.17, 15) is 4.79 Å². The maximum Gasteiger partial charge on any atom is 0.303 e. The number of rotatable bonds is 4. The summed E-state index contributed by atoms with van der Waals surface area (Å²) < 4.78 is 0. The summed E-state index contributed by atoms with van der Waals surface area (Å²) in [4.78, 5) is 10.8. The van der Waals surface area contributed by atoms with Gasteiger partial charge in [0.2, 0.25) is 0 Å². The summed E-state index contributed by atoms with van der Waals surface area (Å²) in [6.45, 7) is 8.30. The van der Waals surface area contributed by atoms with E-state index in [1.54, 1.807) is 0 Å². The number of allylic oxidation sites excluding steroid dienone is 1. The van der Waals surface area contributed by atoms with Crippen molar-refractivity contribution in [2.24, 2.45) is 17.8 Å². The third kappa shape index (κ3) is 3.69. The van der Waals surface area contributed by atoms with Crippen LogP contribution in [0.25, 0.3) is 0 Å². The lowest BCUT2D eigenvalue weighted by atomic mass is 9.72. The van der Waals surface area contributed by atoms with Crippen LogP contribution < -0.4 is 0 Å². The zero-order valence-electron chi connectivity index (χ0n) is 9.83. The highest BCUT2D eigenvalue weighted by Crippen LogP contribution is 2.37. The van der Waals surface area contributed by atoms with E-state index in [0.29, 0.717) is 24.2 Å². The fourth-order valence-electron chi connectivity index (χ4n) is 2.70. The highest BCUT2D eigenvalue weighted by Gasteiger charge is 2.28. The van der Waals surface area contributed by atoms with Crippen LogP contribution in [0.1, 0.15) is 46.0 Å². The average molecular weight is 210 g/mol. The van der Waals surface area contributed by atoms with Gasteiger partial charge < -0.3 is 5.11 Å². The molecular formula is C13H22O2. The van der Waals surface area contributed by atoms with Crippen LogP contribution in [-0.4, -0.2) is 11.1 Å². The minimum absolute atomic E-state index is 0.315. The van der Waals surface area contributed by atoms with Crippen molar-refractivity contribution in [1.29, 1.82) is 0 Å². The molecule has 1 fully saturated rings. The number of carbonyl (C=O) groups is 1. The molecule has 1 rings (SSSR count). The van der Waals surface area contributed by atoms with Gasteiger partial charge in [0.15, 0.2) is 0 Å². The Morgan fingerprint density at radius 3 is 2.73 bits per heavy atom. The zero-order valence-corrected chi connectivity index (χ0v) is 9.83. The Kier molecular flexibility index (Phi) is 4.37. The topological polar surface area (TPSA) is 37.3 Å². The van der Waals surface area contributed by atoms with Crippen LogP contribution in [0.2, 0.25) is 0 Å². The monoisotopic (exact) mass is 210 g/mol. The van der Waals surface area contributed by atoms with E-state index in [-0.39, 0.29) is 0 Å². The first kappa shape index (κ1) is 12.3. The van der Waals surface area contributed by atoms with Crippen molar-refractivity contribution in [3.05, 3.63) is 12.2 Å². The smallest absolute Gasteiger partial charge is 0.303 e. The van der Waals surface area contributed by atoms with Crippen molar-refractivity contribution < 1.29 is 9.90 Å². The Balaban J connectivity index is 2.61. The van der Waals surface area contributed by atoms with Crippen molar-refractivity contribution in [3.63, 3.8) is 0 Å². The van der Waals surface area contributed by atoms with Crippen LogP contribution in [-0.2, 0) is 4.79 Å². The Morgan fingerprint density at radius 2 is 2.27 bits per heavy atom. The van der Waals surface area contributed by atoms with Gasteiger partial charge in [-0.2, -0.15) is 0 Å². The van der Waals surface area contributed by atoms with E-state index in [2.05, 4.69) is 20.4 Å². The van der Waals surface area contributed by atoms with Gasteiger partial charge in [-0.3, -0.25) is 4.79 Å². The number of hydrogen-bond acceptors (Lipinski definition) is 1. The van der Waals surface area contributed by atoms with Crippen LogP contribution in [0.15, 0.2) is 12.2 Å². The molecule has 1 aliphatic carbocycles. The maximum atomic E-state index is 10.8. The van der Waals surface area contributed by atoms with Gasteiger partial charge in [0.25, 0.3) is 0 Å². The second-order valence-electron chi connectivity index (χ2n) is 5.11. The summed E-state index contributed by atoms with van der Waals surface area (Å²) in [5.74, 6) is 0.656. The molecule has 1 N–H and O–H groups in total. The van der Waals surface area contributed by atoms with Crippen molar-refractivity contribution in [1.82, 2.24) is 0 Å². The molecule has 1 unspecified atom stereocenters. The molecule has 0 radical (unpaired) electrons. The van der Waals surface area contributed by atoms with Crippen LogP contribution in [0.5, 0.6) is 0 Å². The van der Waals surface area contributed by atoms with E-state index in [4.69, 9.17) is 5.11 Å². The summed E-state index contributed by atoms with van der Waals surface area (Å²) in [7, 11) is 0. The molecule has 2 heteroatoms. The lowest BCUT2D eigenvalue weighted by Crippen LogP contribution is -2.25. The molecule has 0 amide bonds. The third-order valence-corrected chi connectivity index (χ3v) is 3.53. The fourth-order valence-corrected chi connectivity index (χ4v) is 2.70. The molecule has 0 bridgehead atoms. The van der Waals surface area contributed by atoms with Gasteiger partial charge in [0.1, 0.15) is 0 Å². The van der Waals surface area contributed by atoms with E-state index >= 15 is 0 Å². The third-order valence-electron chi connectivity index (χ3n) is 3.53. The number of carboxylic acid groups (broad SMARTS) is 1. The van der Waals surface area contributed by atoms with Gasteiger partial charge in [0.05, 0.1) is 0 Å².